The Morgan fingerprint density at radius 2 is 0.689 bits per heavy atom. The van der Waals surface area contributed by atoms with Gasteiger partial charge in [0.15, 0.2) is 0 Å². The zero-order valence-corrected chi connectivity index (χ0v) is 29.7. The summed E-state index contributed by atoms with van der Waals surface area (Å²) in [6.07, 6.45) is 26.0. The summed E-state index contributed by atoms with van der Waals surface area (Å²) in [5.41, 5.74) is 7.80. The molecule has 0 aliphatic heterocycles. The van der Waals surface area contributed by atoms with E-state index in [0.717, 1.165) is 11.2 Å². The van der Waals surface area contributed by atoms with Crippen LogP contribution in [0, 0.1) is 27.7 Å². The topological polar surface area (TPSA) is 56.8 Å². The fourth-order valence-electron chi connectivity index (χ4n) is 9.34. The van der Waals surface area contributed by atoms with Crippen LogP contribution in [0.3, 0.4) is 0 Å². The number of nitrogens with zero attached hydrogens (tertiary/aromatic N) is 7. The standard InChI is InChI=1S/C38H63N7/c1-27(2)39-36(40-37-42(32-19-11-7-12-20-32)28(3)29(4)43(37)33-21-13-8-14-22-33)41-38-44(34-23-15-9-16-24-34)30(5)31(6)45(38)35-25-17-10-18-26-35/h27,32-35H,7-26H2,1-6H3. The van der Waals surface area contributed by atoms with Gasteiger partial charge in [0.05, 0.1) is 0 Å². The molecule has 0 spiro atoms. The number of guanidine groups is 1. The van der Waals surface area contributed by atoms with Crippen molar-refractivity contribution in [1.29, 1.82) is 0 Å². The Morgan fingerprint density at radius 3 is 0.911 bits per heavy atom. The van der Waals surface area contributed by atoms with Crippen LogP contribution in [-0.2, 0) is 0 Å². The van der Waals surface area contributed by atoms with Crippen LogP contribution in [0.25, 0.3) is 0 Å². The van der Waals surface area contributed by atoms with E-state index in [0.29, 0.717) is 30.1 Å². The minimum atomic E-state index is 0.124. The van der Waals surface area contributed by atoms with Crippen molar-refractivity contribution in [2.45, 2.75) is 200 Å². The van der Waals surface area contributed by atoms with Crippen LogP contribution in [0.15, 0.2) is 15.0 Å². The molecular formula is C38H63N7. The van der Waals surface area contributed by atoms with Gasteiger partial charge in [0, 0.05) is 53.0 Å². The summed E-state index contributed by atoms with van der Waals surface area (Å²) in [6.45, 7) is 13.7. The summed E-state index contributed by atoms with van der Waals surface area (Å²) in [5, 5.41) is 0. The third-order valence-electron chi connectivity index (χ3n) is 11.9. The third-order valence-corrected chi connectivity index (χ3v) is 11.9. The maximum Gasteiger partial charge on any atom is 0.251 e. The van der Waals surface area contributed by atoms with E-state index in [1.807, 2.05) is 0 Å². The number of imidazole rings is 2. The molecule has 0 atom stereocenters. The Balaban J connectivity index is 1.59. The van der Waals surface area contributed by atoms with Crippen molar-refractivity contribution in [3.05, 3.63) is 34.0 Å². The average molecular weight is 618 g/mol. The van der Waals surface area contributed by atoms with Crippen molar-refractivity contribution in [2.75, 3.05) is 0 Å². The van der Waals surface area contributed by atoms with Crippen molar-refractivity contribution < 1.29 is 0 Å². The van der Waals surface area contributed by atoms with E-state index in [1.165, 1.54) is 151 Å². The van der Waals surface area contributed by atoms with Crippen molar-refractivity contribution >= 4 is 5.96 Å². The molecule has 4 aliphatic rings. The Labute approximate surface area is 273 Å². The predicted molar refractivity (Wildman–Crippen MR) is 186 cm³/mol. The Morgan fingerprint density at radius 1 is 0.444 bits per heavy atom. The van der Waals surface area contributed by atoms with Gasteiger partial charge in [-0.2, -0.15) is 9.98 Å². The molecule has 45 heavy (non-hydrogen) atoms. The second-order valence-corrected chi connectivity index (χ2v) is 15.3. The van der Waals surface area contributed by atoms with Gasteiger partial charge in [-0.15, -0.1) is 0 Å². The van der Waals surface area contributed by atoms with Gasteiger partial charge in [-0.05, 0) is 92.9 Å². The quantitative estimate of drug-likeness (QED) is 0.237. The van der Waals surface area contributed by atoms with Gasteiger partial charge >= 0.3 is 0 Å². The van der Waals surface area contributed by atoms with Crippen molar-refractivity contribution in [2.24, 2.45) is 15.0 Å². The molecule has 2 aromatic heterocycles. The van der Waals surface area contributed by atoms with Gasteiger partial charge in [-0.25, -0.2) is 4.99 Å². The average Bonchev–Trinajstić information content (AvgIpc) is 3.45. The zero-order valence-electron chi connectivity index (χ0n) is 29.7. The summed E-state index contributed by atoms with van der Waals surface area (Å²) in [7, 11) is 0. The second-order valence-electron chi connectivity index (χ2n) is 15.3. The molecule has 0 N–H and O–H groups in total. The highest BCUT2D eigenvalue weighted by Gasteiger charge is 2.28. The summed E-state index contributed by atoms with van der Waals surface area (Å²) in [5.74, 6) is 0.670. The van der Waals surface area contributed by atoms with Crippen LogP contribution < -0.4 is 11.2 Å². The van der Waals surface area contributed by atoms with E-state index in [9.17, 15) is 0 Å². The lowest BCUT2D eigenvalue weighted by atomic mass is 9.95. The van der Waals surface area contributed by atoms with E-state index in [4.69, 9.17) is 15.0 Å². The lowest BCUT2D eigenvalue weighted by molar-refractivity contribution is 0.313. The fourth-order valence-corrected chi connectivity index (χ4v) is 9.34. The summed E-state index contributed by atoms with van der Waals surface area (Å²) < 4.78 is 10.5. The van der Waals surface area contributed by atoms with Crippen LogP contribution >= 0.6 is 0 Å². The van der Waals surface area contributed by atoms with E-state index in [-0.39, 0.29) is 6.04 Å². The molecule has 4 aliphatic carbocycles. The first-order valence-electron chi connectivity index (χ1n) is 19.1. The van der Waals surface area contributed by atoms with Crippen LogP contribution in [0.4, 0.5) is 0 Å². The number of aromatic nitrogens is 4. The van der Waals surface area contributed by atoms with E-state index in [1.54, 1.807) is 0 Å². The molecule has 0 bridgehead atoms. The first kappa shape index (κ1) is 32.6. The molecule has 2 aromatic rings. The van der Waals surface area contributed by atoms with Gasteiger partial charge in [-0.1, -0.05) is 77.0 Å². The highest BCUT2D eigenvalue weighted by Crippen LogP contribution is 2.34. The third kappa shape index (κ3) is 6.88. The van der Waals surface area contributed by atoms with Crippen molar-refractivity contribution in [3.8, 4) is 0 Å². The predicted octanol–water partition coefficient (Wildman–Crippen LogP) is 9.41. The molecule has 0 amide bonds. The van der Waals surface area contributed by atoms with Gasteiger partial charge in [0.1, 0.15) is 0 Å². The van der Waals surface area contributed by atoms with Gasteiger partial charge in [0.2, 0.25) is 11.2 Å². The molecule has 2 heterocycles. The van der Waals surface area contributed by atoms with E-state index >= 15 is 0 Å². The molecule has 4 saturated carbocycles. The number of aliphatic imine (C=N–C) groups is 1. The lowest BCUT2D eigenvalue weighted by Gasteiger charge is -2.27. The number of hydrogen-bond acceptors (Lipinski definition) is 1. The first-order valence-corrected chi connectivity index (χ1v) is 19.1. The maximum atomic E-state index is 5.62. The van der Waals surface area contributed by atoms with Gasteiger partial charge < -0.3 is 18.3 Å². The summed E-state index contributed by atoms with van der Waals surface area (Å²) in [4.78, 5) is 16.5. The minimum Gasteiger partial charge on any atom is -0.311 e. The van der Waals surface area contributed by atoms with Crippen LogP contribution in [-0.4, -0.2) is 30.3 Å². The van der Waals surface area contributed by atoms with Crippen molar-refractivity contribution in [1.82, 2.24) is 18.3 Å². The molecule has 0 saturated heterocycles. The molecule has 4 fully saturated rings. The molecule has 0 radical (unpaired) electrons. The van der Waals surface area contributed by atoms with Crippen LogP contribution in [0.1, 0.15) is 189 Å². The minimum absolute atomic E-state index is 0.124. The maximum absolute atomic E-state index is 5.62. The van der Waals surface area contributed by atoms with Gasteiger partial charge in [-0.3, -0.25) is 0 Å². The zero-order chi connectivity index (χ0) is 31.5. The molecular weight excluding hydrogens is 554 g/mol. The van der Waals surface area contributed by atoms with Gasteiger partial charge in [0.25, 0.3) is 5.96 Å². The smallest absolute Gasteiger partial charge is 0.251 e. The summed E-state index contributed by atoms with van der Waals surface area (Å²) >= 11 is 0. The molecule has 7 heteroatoms. The van der Waals surface area contributed by atoms with E-state index in [2.05, 4.69) is 59.8 Å². The SMILES string of the molecule is Cc1c(C)n(C2CCCCC2)c(=NC(=NC(C)C)N=c2n(C3CCCCC3)c(C)c(C)n2C2CCCCC2)n1C1CCCCC1. The second kappa shape index (κ2) is 14.6. The lowest BCUT2D eigenvalue weighted by Crippen LogP contribution is -2.36. The first-order chi connectivity index (χ1) is 21.8. The Hall–Kier alpha value is -2.31. The van der Waals surface area contributed by atoms with Crippen LogP contribution in [0.2, 0.25) is 0 Å². The normalized spacial score (nSPS) is 21.4. The molecule has 6 rings (SSSR count). The molecule has 0 unspecified atom stereocenters. The number of hydrogen-bond donors (Lipinski definition) is 0. The summed E-state index contributed by atoms with van der Waals surface area (Å²) in [6, 6.07) is 2.20. The number of rotatable bonds is 5. The fraction of sp³-hybridized carbons (Fsp3) is 0.816. The molecule has 7 nitrogen and oxygen atoms in total. The van der Waals surface area contributed by atoms with Crippen molar-refractivity contribution in [3.63, 3.8) is 0 Å². The molecule has 250 valence electrons. The largest absolute Gasteiger partial charge is 0.311 e. The Kier molecular flexibility index (Phi) is 10.6. The monoisotopic (exact) mass is 618 g/mol. The highest BCUT2D eigenvalue weighted by atomic mass is 15.3. The molecule has 0 aromatic carbocycles. The van der Waals surface area contributed by atoms with Crippen LogP contribution in [0.5, 0.6) is 0 Å². The Bertz CT molecular complexity index is 1260. The highest BCUT2D eigenvalue weighted by molar-refractivity contribution is 5.81. The van der Waals surface area contributed by atoms with E-state index < -0.39 is 0 Å².